The minimum absolute atomic E-state index is 0.0366. The summed E-state index contributed by atoms with van der Waals surface area (Å²) < 4.78 is 10.7. The zero-order valence-corrected chi connectivity index (χ0v) is 18.2. The molecule has 31 heavy (non-hydrogen) atoms. The van der Waals surface area contributed by atoms with E-state index in [1.807, 2.05) is 30.3 Å². The number of nitrogens with one attached hydrogen (secondary N) is 2. The molecule has 6 nitrogen and oxygen atoms in total. The predicted molar refractivity (Wildman–Crippen MR) is 118 cm³/mol. The van der Waals surface area contributed by atoms with Crippen molar-refractivity contribution in [3.05, 3.63) is 59.2 Å². The molecular weight excluding hydrogens is 392 g/mol. The van der Waals surface area contributed by atoms with Gasteiger partial charge in [0.05, 0.1) is 20.3 Å². The Morgan fingerprint density at radius 1 is 1.13 bits per heavy atom. The van der Waals surface area contributed by atoms with Gasteiger partial charge < -0.3 is 20.1 Å². The van der Waals surface area contributed by atoms with Gasteiger partial charge in [0.1, 0.15) is 0 Å². The normalized spacial score (nSPS) is 22.0. The summed E-state index contributed by atoms with van der Waals surface area (Å²) in [4.78, 5) is 24.8. The van der Waals surface area contributed by atoms with Crippen LogP contribution in [-0.2, 0) is 22.4 Å². The molecule has 2 unspecified atom stereocenters. The molecule has 1 fully saturated rings. The second-order valence-electron chi connectivity index (χ2n) is 8.55. The van der Waals surface area contributed by atoms with Crippen LogP contribution in [0.1, 0.15) is 54.8 Å². The third kappa shape index (κ3) is 4.68. The molecule has 4 rings (SSSR count). The molecule has 0 saturated carbocycles. The van der Waals surface area contributed by atoms with Crippen LogP contribution in [0.5, 0.6) is 11.5 Å². The van der Waals surface area contributed by atoms with Gasteiger partial charge in [0.25, 0.3) is 0 Å². The van der Waals surface area contributed by atoms with Crippen LogP contribution in [0.3, 0.4) is 0 Å². The lowest BCUT2D eigenvalue weighted by molar-refractivity contribution is -0.123. The number of hydrogen-bond donors (Lipinski definition) is 2. The third-order valence-electron chi connectivity index (χ3n) is 6.52. The molecular formula is C25H30N2O4. The molecule has 6 heteroatoms. The summed E-state index contributed by atoms with van der Waals surface area (Å²) in [6, 6.07) is 14.2. The van der Waals surface area contributed by atoms with E-state index in [-0.39, 0.29) is 17.9 Å². The van der Waals surface area contributed by atoms with Crippen molar-refractivity contribution in [1.82, 2.24) is 10.6 Å². The number of amides is 2. The number of rotatable bonds is 8. The lowest BCUT2D eigenvalue weighted by Gasteiger charge is -2.30. The first-order valence-corrected chi connectivity index (χ1v) is 10.9. The fourth-order valence-electron chi connectivity index (χ4n) is 4.89. The fraction of sp³-hybridized carbons (Fsp3) is 0.440. The van der Waals surface area contributed by atoms with Gasteiger partial charge in [-0.15, -0.1) is 0 Å². The number of carbonyl (C=O) groups is 2. The molecule has 0 aromatic heterocycles. The standard InChI is InChI=1S/C25H30N2O4/c1-30-21-10-7-17(15-22(21)31-2)16-25(14-12-24(29)27-25)13-11-23(28)26-20-9-8-18-5-3-4-6-19(18)20/h3-7,10,15,20H,8-9,11-14,16H2,1-2H3,(H,26,28)(H,27,29). The van der Waals surface area contributed by atoms with E-state index in [0.717, 1.165) is 24.8 Å². The second-order valence-corrected chi connectivity index (χ2v) is 8.55. The fourth-order valence-corrected chi connectivity index (χ4v) is 4.89. The molecule has 2 amide bonds. The number of carbonyl (C=O) groups excluding carboxylic acids is 2. The smallest absolute Gasteiger partial charge is 0.220 e. The summed E-state index contributed by atoms with van der Waals surface area (Å²) in [5.41, 5.74) is 3.18. The topological polar surface area (TPSA) is 76.7 Å². The zero-order chi connectivity index (χ0) is 21.8. The van der Waals surface area contributed by atoms with Crippen molar-refractivity contribution in [2.24, 2.45) is 0 Å². The van der Waals surface area contributed by atoms with Crippen LogP contribution in [-0.4, -0.2) is 31.6 Å². The molecule has 2 aromatic carbocycles. The van der Waals surface area contributed by atoms with Crippen LogP contribution >= 0.6 is 0 Å². The first-order valence-electron chi connectivity index (χ1n) is 10.9. The van der Waals surface area contributed by atoms with E-state index in [4.69, 9.17) is 9.47 Å². The molecule has 2 atom stereocenters. The van der Waals surface area contributed by atoms with Gasteiger partial charge in [-0.05, 0) is 60.9 Å². The maximum absolute atomic E-state index is 12.8. The summed E-state index contributed by atoms with van der Waals surface area (Å²) in [5, 5.41) is 6.35. The Morgan fingerprint density at radius 2 is 1.94 bits per heavy atom. The van der Waals surface area contributed by atoms with E-state index < -0.39 is 5.54 Å². The van der Waals surface area contributed by atoms with Crippen molar-refractivity contribution in [1.29, 1.82) is 0 Å². The Bertz CT molecular complexity index is 974. The van der Waals surface area contributed by atoms with Gasteiger partial charge in [-0.1, -0.05) is 30.3 Å². The molecule has 2 N–H and O–H groups in total. The molecule has 0 spiro atoms. The highest BCUT2D eigenvalue weighted by molar-refractivity contribution is 5.80. The van der Waals surface area contributed by atoms with Crippen LogP contribution in [0.25, 0.3) is 0 Å². The highest BCUT2D eigenvalue weighted by Gasteiger charge is 2.38. The maximum Gasteiger partial charge on any atom is 0.220 e. The lowest BCUT2D eigenvalue weighted by Crippen LogP contribution is -2.44. The quantitative estimate of drug-likeness (QED) is 0.683. The molecule has 0 radical (unpaired) electrons. The highest BCUT2D eigenvalue weighted by atomic mass is 16.5. The lowest BCUT2D eigenvalue weighted by atomic mass is 9.84. The van der Waals surface area contributed by atoms with Gasteiger partial charge in [-0.2, -0.15) is 0 Å². The first-order chi connectivity index (χ1) is 15.0. The molecule has 1 aliphatic heterocycles. The molecule has 0 bridgehead atoms. The number of fused-ring (bicyclic) bond motifs is 1. The monoisotopic (exact) mass is 422 g/mol. The third-order valence-corrected chi connectivity index (χ3v) is 6.52. The minimum Gasteiger partial charge on any atom is -0.493 e. The Kier molecular flexibility index (Phi) is 6.16. The van der Waals surface area contributed by atoms with Gasteiger partial charge in [0.2, 0.25) is 11.8 Å². The van der Waals surface area contributed by atoms with Gasteiger partial charge in [-0.3, -0.25) is 9.59 Å². The van der Waals surface area contributed by atoms with Crippen molar-refractivity contribution in [2.45, 2.75) is 56.5 Å². The largest absolute Gasteiger partial charge is 0.493 e. The number of ether oxygens (including phenoxy) is 2. The van der Waals surface area contributed by atoms with Crippen LogP contribution in [0, 0.1) is 0 Å². The van der Waals surface area contributed by atoms with Crippen molar-refractivity contribution in [3.63, 3.8) is 0 Å². The molecule has 2 aliphatic rings. The summed E-state index contributed by atoms with van der Waals surface area (Å²) in [7, 11) is 3.22. The van der Waals surface area contributed by atoms with E-state index in [0.29, 0.717) is 37.2 Å². The molecule has 2 aromatic rings. The summed E-state index contributed by atoms with van der Waals surface area (Å²) in [5.74, 6) is 1.42. The van der Waals surface area contributed by atoms with Crippen LogP contribution < -0.4 is 20.1 Å². The van der Waals surface area contributed by atoms with Crippen molar-refractivity contribution < 1.29 is 19.1 Å². The molecule has 1 aliphatic carbocycles. The molecule has 1 heterocycles. The Labute approximate surface area is 183 Å². The van der Waals surface area contributed by atoms with E-state index in [1.54, 1.807) is 14.2 Å². The Balaban J connectivity index is 1.42. The average molecular weight is 423 g/mol. The second kappa shape index (κ2) is 9.00. The maximum atomic E-state index is 12.8. The number of aryl methyl sites for hydroxylation is 1. The molecule has 1 saturated heterocycles. The van der Waals surface area contributed by atoms with Crippen LogP contribution in [0.4, 0.5) is 0 Å². The van der Waals surface area contributed by atoms with E-state index in [1.165, 1.54) is 11.1 Å². The highest BCUT2D eigenvalue weighted by Crippen LogP contribution is 2.34. The van der Waals surface area contributed by atoms with Crippen molar-refractivity contribution in [2.75, 3.05) is 14.2 Å². The summed E-state index contributed by atoms with van der Waals surface area (Å²) >= 11 is 0. The van der Waals surface area contributed by atoms with Crippen molar-refractivity contribution >= 4 is 11.8 Å². The molecule has 164 valence electrons. The number of benzene rings is 2. The Morgan fingerprint density at radius 3 is 2.68 bits per heavy atom. The Hall–Kier alpha value is -3.02. The van der Waals surface area contributed by atoms with Gasteiger partial charge in [0.15, 0.2) is 11.5 Å². The summed E-state index contributed by atoms with van der Waals surface area (Å²) in [6.45, 7) is 0. The zero-order valence-electron chi connectivity index (χ0n) is 18.2. The van der Waals surface area contributed by atoms with Gasteiger partial charge >= 0.3 is 0 Å². The van der Waals surface area contributed by atoms with E-state index in [9.17, 15) is 9.59 Å². The average Bonchev–Trinajstić information content (AvgIpc) is 3.36. The SMILES string of the molecule is COc1ccc(CC2(CCC(=O)NC3CCc4ccccc43)CCC(=O)N2)cc1OC. The predicted octanol–water partition coefficient (Wildman–Crippen LogP) is 3.48. The van der Waals surface area contributed by atoms with Gasteiger partial charge in [0, 0.05) is 18.4 Å². The number of hydrogen-bond acceptors (Lipinski definition) is 4. The van der Waals surface area contributed by atoms with Crippen molar-refractivity contribution in [3.8, 4) is 11.5 Å². The van der Waals surface area contributed by atoms with Crippen LogP contribution in [0.2, 0.25) is 0 Å². The van der Waals surface area contributed by atoms with Gasteiger partial charge in [-0.25, -0.2) is 0 Å². The minimum atomic E-state index is -0.415. The van der Waals surface area contributed by atoms with Crippen LogP contribution in [0.15, 0.2) is 42.5 Å². The summed E-state index contributed by atoms with van der Waals surface area (Å²) in [6.07, 6.45) is 4.79. The first kappa shape index (κ1) is 21.2. The van der Waals surface area contributed by atoms with E-state index in [2.05, 4.69) is 22.8 Å². The van der Waals surface area contributed by atoms with E-state index >= 15 is 0 Å². The number of methoxy groups -OCH3 is 2.